The Labute approximate surface area is 163 Å². The molecule has 0 aromatic heterocycles. The van der Waals surface area contributed by atoms with Gasteiger partial charge in [-0.2, -0.15) is 0 Å². The van der Waals surface area contributed by atoms with Gasteiger partial charge in [-0.15, -0.1) is 0 Å². The van der Waals surface area contributed by atoms with Crippen LogP contribution >= 0.6 is 17.0 Å². The Hall–Kier alpha value is -0.347. The van der Waals surface area contributed by atoms with E-state index in [-0.39, 0.29) is 13.2 Å². The molecule has 0 spiro atoms. The van der Waals surface area contributed by atoms with Crippen LogP contribution < -0.4 is 3.26 Å². The molecule has 27 heavy (non-hydrogen) atoms. The number of hydrogen-bond acceptors (Lipinski definition) is 3. The summed E-state index contributed by atoms with van der Waals surface area (Å²) in [4.78, 5) is 0. The number of hydrogen-bond donors (Lipinski definition) is 2. The number of halogens is 2. The number of nitrogens with one attached hydrogen (secondary N) is 1. The van der Waals surface area contributed by atoms with Crippen molar-refractivity contribution in [2.45, 2.75) is 34.6 Å². The molecule has 0 bridgehead atoms. The van der Waals surface area contributed by atoms with Crippen molar-refractivity contribution < 1.29 is 21.6 Å². The van der Waals surface area contributed by atoms with E-state index in [0.29, 0.717) is 0 Å². The van der Waals surface area contributed by atoms with E-state index in [2.05, 4.69) is 19.6 Å². The summed E-state index contributed by atoms with van der Waals surface area (Å²) in [6, 6.07) is 16.2. The Morgan fingerprint density at radius 3 is 1.89 bits per heavy atom. The van der Waals surface area contributed by atoms with Crippen LogP contribution in [-0.4, -0.2) is 28.1 Å². The van der Waals surface area contributed by atoms with Gasteiger partial charge in [0.1, 0.15) is 0 Å². The van der Waals surface area contributed by atoms with Crippen molar-refractivity contribution in [3.8, 4) is 11.1 Å². The van der Waals surface area contributed by atoms with Gasteiger partial charge in [0, 0.05) is 0 Å². The SMILES string of the molecule is [CH2]=[Zr]([CH3])([Cl])([Cl])([NH]C(C)(C)C)([O]CCO)[CH]1c2ccccc2-c2ccccc21. The van der Waals surface area contributed by atoms with Crippen molar-refractivity contribution in [1.29, 1.82) is 0 Å². The molecule has 0 amide bonds. The molecule has 6 heteroatoms. The molecule has 2 aromatic carbocycles. The Balaban J connectivity index is 2.44. The summed E-state index contributed by atoms with van der Waals surface area (Å²) >= 11 is -6.49. The molecule has 1 aliphatic carbocycles. The van der Waals surface area contributed by atoms with Crippen LogP contribution in [0.25, 0.3) is 11.1 Å². The molecule has 0 unspecified atom stereocenters. The number of aliphatic hydroxyl groups excluding tert-OH is 1. The summed E-state index contributed by atoms with van der Waals surface area (Å²) in [7, 11) is 15.3. The molecule has 2 N–H and O–H groups in total. The van der Waals surface area contributed by atoms with Crippen LogP contribution in [0.4, 0.5) is 0 Å². The zero-order valence-corrected chi connectivity index (χ0v) is 20.4. The molecule has 0 radical (unpaired) electrons. The Bertz CT molecular complexity index is 986. The van der Waals surface area contributed by atoms with Crippen molar-refractivity contribution in [3.63, 3.8) is 0 Å². The normalized spacial score (nSPS) is 18.7. The summed E-state index contributed by atoms with van der Waals surface area (Å²) in [5.74, 6) is 0. The standard InChI is InChI=1S/C13H9.C4H10N.C2H5O2.CH3.CH2.2ClH.Zr/c1-3-7-12-10(5-1)9-11-6-2-4-8-13(11)12;1-4(2,3)5;3-1-2-4;;;;;/h1-9H;5H,1-3H3;3H,1-2H2;1H3;1H2;2*1H;/q;2*-1;;;;;+4/p-2. The van der Waals surface area contributed by atoms with Crippen LogP contribution in [0.5, 0.6) is 0 Å². The van der Waals surface area contributed by atoms with Gasteiger partial charge in [-0.1, -0.05) is 0 Å². The van der Waals surface area contributed by atoms with E-state index >= 15 is 0 Å². The van der Waals surface area contributed by atoms with Gasteiger partial charge in [-0.25, -0.2) is 0 Å². The number of aliphatic hydroxyl groups is 1. The van der Waals surface area contributed by atoms with Gasteiger partial charge in [-0.3, -0.25) is 0 Å². The fourth-order valence-electron chi connectivity index (χ4n) is 5.10. The minimum atomic E-state index is -6.49. The third kappa shape index (κ3) is 3.66. The molecule has 0 atom stereocenters. The van der Waals surface area contributed by atoms with E-state index in [1.165, 1.54) is 0 Å². The summed E-state index contributed by atoms with van der Waals surface area (Å²) in [5.41, 5.74) is 3.70. The van der Waals surface area contributed by atoms with Gasteiger partial charge in [0.15, 0.2) is 0 Å². The third-order valence-corrected chi connectivity index (χ3v) is 23.6. The second-order valence-electron chi connectivity index (χ2n) is 9.82. The molecule has 0 aliphatic heterocycles. The number of fused-ring (bicyclic) bond motifs is 3. The molecule has 1 aliphatic rings. The maximum absolute atomic E-state index is 9.54. The molecular weight excluding hydrogens is 460 g/mol. The van der Waals surface area contributed by atoms with Crippen LogP contribution in [0.3, 0.4) is 0 Å². The number of benzene rings is 2. The average molecular weight is 490 g/mol. The van der Waals surface area contributed by atoms with Crippen molar-refractivity contribution in [2.75, 3.05) is 13.2 Å². The van der Waals surface area contributed by atoms with E-state index in [1.54, 1.807) is 4.63 Å². The summed E-state index contributed by atoms with van der Waals surface area (Å²) in [6.45, 7) is 5.79. The van der Waals surface area contributed by atoms with E-state index < -0.39 is 22.8 Å². The molecule has 0 saturated heterocycles. The fraction of sp³-hybridized carbons (Fsp3) is 0.381. The minimum absolute atomic E-state index is 0.00132. The van der Waals surface area contributed by atoms with Crippen molar-refractivity contribution in [2.24, 2.45) is 0 Å². The number of rotatable bonds is 5. The van der Waals surface area contributed by atoms with E-state index in [0.717, 1.165) is 22.3 Å². The van der Waals surface area contributed by atoms with E-state index in [1.807, 2.05) is 57.2 Å². The van der Waals surface area contributed by atoms with Crippen LogP contribution in [0, 0.1) is 0 Å². The summed E-state index contributed by atoms with van der Waals surface area (Å²) in [6.07, 6.45) is 0. The van der Waals surface area contributed by atoms with Gasteiger partial charge >= 0.3 is 165 Å². The van der Waals surface area contributed by atoms with Crippen LogP contribution in [0.15, 0.2) is 48.5 Å². The predicted molar refractivity (Wildman–Crippen MR) is 114 cm³/mol. The molecule has 0 fully saturated rings. The van der Waals surface area contributed by atoms with Gasteiger partial charge in [-0.05, 0) is 0 Å². The molecular formula is C21H29Cl2NO2Zr. The third-order valence-electron chi connectivity index (χ3n) is 5.32. The molecule has 148 valence electrons. The fourth-order valence-corrected chi connectivity index (χ4v) is 27.8. The Morgan fingerprint density at radius 1 is 1.04 bits per heavy atom. The second kappa shape index (κ2) is 5.42. The summed E-state index contributed by atoms with van der Waals surface area (Å²) in [5, 5.41) is 9.54. The zero-order chi connectivity index (χ0) is 20.2. The van der Waals surface area contributed by atoms with Crippen LogP contribution in [0.2, 0.25) is 4.63 Å². The Kier molecular flexibility index (Phi) is 4.29. The molecule has 3 nitrogen and oxygen atoms in total. The van der Waals surface area contributed by atoms with Crippen molar-refractivity contribution in [3.05, 3.63) is 59.7 Å². The quantitative estimate of drug-likeness (QED) is 0.580. The maximum atomic E-state index is 9.54. The first-order valence-electron chi connectivity index (χ1n) is 9.31. The van der Waals surface area contributed by atoms with Gasteiger partial charge in [0.25, 0.3) is 0 Å². The second-order valence-corrected chi connectivity index (χ2v) is 46.3. The van der Waals surface area contributed by atoms with Crippen LogP contribution in [-0.2, 0) is 16.5 Å². The molecule has 2 aromatic rings. The predicted octanol–water partition coefficient (Wildman–Crippen LogP) is 5.53. The van der Waals surface area contributed by atoms with E-state index in [9.17, 15) is 5.11 Å². The van der Waals surface area contributed by atoms with Crippen molar-refractivity contribution in [1.82, 2.24) is 3.26 Å². The van der Waals surface area contributed by atoms with Crippen molar-refractivity contribution >= 4 is 21.2 Å². The first kappa shape index (κ1) is 21.4. The van der Waals surface area contributed by atoms with Gasteiger partial charge < -0.3 is 0 Å². The molecule has 0 heterocycles. The zero-order valence-electron chi connectivity index (χ0n) is 16.4. The average Bonchev–Trinajstić information content (AvgIpc) is 2.87. The molecule has 3 rings (SSSR count). The first-order valence-corrected chi connectivity index (χ1v) is 23.5. The van der Waals surface area contributed by atoms with E-state index in [4.69, 9.17) is 19.8 Å². The van der Waals surface area contributed by atoms with Gasteiger partial charge in [0.05, 0.1) is 0 Å². The first-order chi connectivity index (χ1) is 12.1. The monoisotopic (exact) mass is 487 g/mol. The van der Waals surface area contributed by atoms with Gasteiger partial charge in [0.2, 0.25) is 0 Å². The van der Waals surface area contributed by atoms with Crippen LogP contribution in [0.1, 0.15) is 35.5 Å². The summed E-state index contributed by atoms with van der Waals surface area (Å²) < 4.78 is 15.7. The molecule has 0 saturated carbocycles. The topological polar surface area (TPSA) is 41.5 Å². The Morgan fingerprint density at radius 2 is 1.48 bits per heavy atom.